The number of hydrogen-bond donors (Lipinski definition) is 5. The van der Waals surface area contributed by atoms with Gasteiger partial charge in [-0.3, -0.25) is 4.79 Å². The summed E-state index contributed by atoms with van der Waals surface area (Å²) in [5, 5.41) is 43.7. The standard InChI is InChI=1S/C37H55NO10.C2H6/c1-22(17-18-25-23(2)27(40)19-28(41)33(25)36(43)44)29(45-5)20-32-37(3,4)31(46-6)21-30(48-32)35(47-7)38-34(42)26(39)16-12-15-24-13-10-8-9-11-14-24;1-2/h8,10-11,13-14,19,22,26,29-32,35,39-41H,9,12,15-18,20-21H2,1-7H3,(H,38,42)(H,43,44);1-2H3/t22?,26-,29-,30-,31+,32+,35-;/m0./s1. The molecule has 1 unspecified atom stereocenters. The maximum atomic E-state index is 13.0. The number of rotatable bonds is 17. The molecule has 3 rings (SSSR count). The highest BCUT2D eigenvalue weighted by atomic mass is 16.6. The van der Waals surface area contributed by atoms with Gasteiger partial charge in [0.15, 0.2) is 6.23 Å². The first-order valence-electron chi connectivity index (χ1n) is 17.8. The number of carboxylic acids is 1. The van der Waals surface area contributed by atoms with Gasteiger partial charge in [0.05, 0.1) is 18.3 Å². The van der Waals surface area contributed by atoms with E-state index >= 15 is 0 Å². The van der Waals surface area contributed by atoms with Crippen LogP contribution in [0.25, 0.3) is 0 Å². The van der Waals surface area contributed by atoms with Gasteiger partial charge in [0, 0.05) is 45.7 Å². The number of phenols is 2. The van der Waals surface area contributed by atoms with Crippen LogP contribution < -0.4 is 5.32 Å². The average molecular weight is 704 g/mol. The predicted octanol–water partition coefficient (Wildman–Crippen LogP) is 6.37. The van der Waals surface area contributed by atoms with Gasteiger partial charge in [-0.15, -0.1) is 0 Å². The summed E-state index contributed by atoms with van der Waals surface area (Å²) in [4.78, 5) is 24.9. The maximum absolute atomic E-state index is 13.0. The van der Waals surface area contributed by atoms with Crippen LogP contribution in [0.5, 0.6) is 11.5 Å². The van der Waals surface area contributed by atoms with Gasteiger partial charge in [-0.1, -0.05) is 65.0 Å². The fourth-order valence-electron chi connectivity index (χ4n) is 6.77. The number of carbonyl (C=O) groups excluding carboxylic acids is 1. The number of phenolic OH excluding ortho intramolecular Hbond substituents is 1. The van der Waals surface area contributed by atoms with Crippen LogP contribution in [-0.2, 0) is 30.2 Å². The van der Waals surface area contributed by atoms with Crippen molar-refractivity contribution in [2.24, 2.45) is 11.3 Å². The molecule has 50 heavy (non-hydrogen) atoms. The van der Waals surface area contributed by atoms with E-state index in [1.165, 1.54) is 7.11 Å². The maximum Gasteiger partial charge on any atom is 0.339 e. The van der Waals surface area contributed by atoms with Crippen molar-refractivity contribution >= 4 is 11.9 Å². The summed E-state index contributed by atoms with van der Waals surface area (Å²) in [6.45, 7) is 11.8. The molecule has 0 radical (unpaired) electrons. The lowest BCUT2D eigenvalue weighted by Crippen LogP contribution is -2.59. The van der Waals surface area contributed by atoms with E-state index in [-0.39, 0.29) is 35.5 Å². The number of amides is 1. The predicted molar refractivity (Wildman–Crippen MR) is 193 cm³/mol. The number of allylic oxidation sites excluding steroid dienone is 6. The molecule has 0 bridgehead atoms. The molecule has 282 valence electrons. The lowest BCUT2D eigenvalue weighted by atomic mass is 9.73. The third-order valence-electron chi connectivity index (χ3n) is 10.0. The molecule has 1 amide bonds. The van der Waals surface area contributed by atoms with Gasteiger partial charge >= 0.3 is 5.97 Å². The lowest BCUT2D eigenvalue weighted by molar-refractivity contribution is -0.222. The monoisotopic (exact) mass is 703 g/mol. The summed E-state index contributed by atoms with van der Waals surface area (Å²) in [7, 11) is 4.76. The van der Waals surface area contributed by atoms with E-state index in [0.717, 1.165) is 24.5 Å². The Hall–Kier alpha value is -3.22. The smallest absolute Gasteiger partial charge is 0.339 e. The van der Waals surface area contributed by atoms with E-state index < -0.39 is 41.5 Å². The first-order valence-corrected chi connectivity index (χ1v) is 17.8. The second-order valence-electron chi connectivity index (χ2n) is 13.5. The zero-order chi connectivity index (χ0) is 37.6. The minimum atomic E-state index is -1.26. The molecule has 1 saturated heterocycles. The molecule has 5 N–H and O–H groups in total. The van der Waals surface area contributed by atoms with Crippen molar-refractivity contribution in [1.82, 2.24) is 5.32 Å². The van der Waals surface area contributed by atoms with Crippen molar-refractivity contribution in [3.8, 4) is 11.5 Å². The van der Waals surface area contributed by atoms with E-state index in [9.17, 15) is 30.0 Å². The van der Waals surface area contributed by atoms with Crippen LogP contribution in [0.4, 0.5) is 0 Å². The summed E-state index contributed by atoms with van der Waals surface area (Å²) < 4.78 is 24.2. The highest BCUT2D eigenvalue weighted by Crippen LogP contribution is 2.42. The quantitative estimate of drug-likeness (QED) is 0.115. The fraction of sp³-hybridized carbons (Fsp3) is 0.641. The summed E-state index contributed by atoms with van der Waals surface area (Å²) in [5.41, 5.74) is 1.30. The number of nitrogens with one attached hydrogen (secondary N) is 1. The third kappa shape index (κ3) is 11.4. The van der Waals surface area contributed by atoms with Gasteiger partial charge in [0.1, 0.15) is 29.3 Å². The van der Waals surface area contributed by atoms with Crippen LogP contribution in [0, 0.1) is 18.3 Å². The van der Waals surface area contributed by atoms with Gasteiger partial charge < -0.3 is 44.7 Å². The Bertz CT molecular complexity index is 1340. The van der Waals surface area contributed by atoms with Crippen LogP contribution in [0.1, 0.15) is 101 Å². The number of aromatic hydroxyl groups is 2. The minimum absolute atomic E-state index is 0.0605. The number of aliphatic hydroxyl groups is 1. The van der Waals surface area contributed by atoms with E-state index in [4.69, 9.17) is 18.9 Å². The molecule has 11 nitrogen and oxygen atoms in total. The van der Waals surface area contributed by atoms with Gasteiger partial charge in [-0.05, 0) is 68.1 Å². The molecular weight excluding hydrogens is 642 g/mol. The normalized spacial score (nSPS) is 22.3. The highest BCUT2D eigenvalue weighted by molar-refractivity contribution is 5.93. The number of aromatic carboxylic acids is 1. The summed E-state index contributed by atoms with van der Waals surface area (Å²) >= 11 is 0. The first-order chi connectivity index (χ1) is 23.7. The highest BCUT2D eigenvalue weighted by Gasteiger charge is 2.48. The van der Waals surface area contributed by atoms with Crippen molar-refractivity contribution in [3.05, 3.63) is 58.7 Å². The molecule has 1 aromatic rings. The fourth-order valence-corrected chi connectivity index (χ4v) is 6.77. The SMILES string of the molecule is CC.CO[C@@H](C[C@H]1O[C@H]([C@@H](NC(=O)[C@@H](O)CCCC2=CC=CCC=C2)OC)C[C@@H](OC)C1(C)C)C(C)CCc1c(C)c(O)cc(O)c1C(=O)O. The third-order valence-corrected chi connectivity index (χ3v) is 10.0. The van der Waals surface area contributed by atoms with Crippen molar-refractivity contribution in [3.63, 3.8) is 0 Å². The number of carboxylic acid groups (broad SMARTS) is 1. The molecular formula is C39H61NO10. The Labute approximate surface area is 298 Å². The Kier molecular flexibility index (Phi) is 17.7. The molecule has 1 aliphatic carbocycles. The number of carbonyl (C=O) groups is 2. The first kappa shape index (κ1) is 42.9. The van der Waals surface area contributed by atoms with E-state index in [1.54, 1.807) is 21.1 Å². The van der Waals surface area contributed by atoms with Crippen molar-refractivity contribution < 1.29 is 49.0 Å². The van der Waals surface area contributed by atoms with Crippen LogP contribution in [-0.4, -0.2) is 90.4 Å². The van der Waals surface area contributed by atoms with Crippen LogP contribution in [0.15, 0.2) is 42.0 Å². The number of methoxy groups -OCH3 is 3. The van der Waals surface area contributed by atoms with Crippen molar-refractivity contribution in [2.75, 3.05) is 21.3 Å². The van der Waals surface area contributed by atoms with Crippen molar-refractivity contribution in [2.45, 2.75) is 130 Å². The van der Waals surface area contributed by atoms with E-state index in [0.29, 0.717) is 49.7 Å². The molecule has 0 spiro atoms. The number of ether oxygens (including phenoxy) is 4. The Morgan fingerprint density at radius 2 is 1.76 bits per heavy atom. The molecule has 11 heteroatoms. The number of hydrogen-bond acceptors (Lipinski definition) is 9. The molecule has 2 aliphatic rings. The Morgan fingerprint density at radius 3 is 2.38 bits per heavy atom. The average Bonchev–Trinajstić information content (AvgIpc) is 3.36. The molecule has 1 heterocycles. The lowest BCUT2D eigenvalue weighted by Gasteiger charge is -2.49. The molecule has 0 saturated carbocycles. The Balaban J connectivity index is 0.00000425. The molecule has 1 aliphatic heterocycles. The summed E-state index contributed by atoms with van der Waals surface area (Å²) in [5.74, 6) is -2.48. The largest absolute Gasteiger partial charge is 0.508 e. The second kappa shape index (κ2) is 20.6. The molecule has 7 atom stereocenters. The van der Waals surface area contributed by atoms with Crippen LogP contribution in [0.3, 0.4) is 0 Å². The number of benzene rings is 1. The van der Waals surface area contributed by atoms with Gasteiger partial charge in [0.2, 0.25) is 0 Å². The molecule has 1 aromatic carbocycles. The van der Waals surface area contributed by atoms with Gasteiger partial charge in [-0.25, -0.2) is 4.79 Å². The molecule has 0 aromatic heterocycles. The summed E-state index contributed by atoms with van der Waals surface area (Å²) in [6.07, 6.45) is 11.2. The molecule has 1 fully saturated rings. The zero-order valence-corrected chi connectivity index (χ0v) is 31.4. The van der Waals surface area contributed by atoms with Crippen molar-refractivity contribution in [1.29, 1.82) is 0 Å². The zero-order valence-electron chi connectivity index (χ0n) is 31.4. The topological polar surface area (TPSA) is 164 Å². The minimum Gasteiger partial charge on any atom is -0.508 e. The summed E-state index contributed by atoms with van der Waals surface area (Å²) in [6, 6.07) is 1.05. The van der Waals surface area contributed by atoms with E-state index in [2.05, 4.69) is 37.4 Å². The van der Waals surface area contributed by atoms with Crippen LogP contribution in [0.2, 0.25) is 0 Å². The Morgan fingerprint density at radius 1 is 1.06 bits per heavy atom. The van der Waals surface area contributed by atoms with Gasteiger partial charge in [-0.2, -0.15) is 0 Å². The second-order valence-corrected chi connectivity index (χ2v) is 13.5. The van der Waals surface area contributed by atoms with Crippen LogP contribution >= 0.6 is 0 Å². The van der Waals surface area contributed by atoms with E-state index in [1.807, 2.05) is 32.9 Å². The number of aliphatic hydroxyl groups excluding tert-OH is 1. The van der Waals surface area contributed by atoms with Gasteiger partial charge in [0.25, 0.3) is 5.91 Å².